The summed E-state index contributed by atoms with van der Waals surface area (Å²) in [5.74, 6) is 0.348. The van der Waals surface area contributed by atoms with Crippen molar-refractivity contribution in [2.24, 2.45) is 5.92 Å². The van der Waals surface area contributed by atoms with Gasteiger partial charge in [0, 0.05) is 18.7 Å². The highest BCUT2D eigenvalue weighted by atomic mass is 16.3. The third-order valence-electron chi connectivity index (χ3n) is 3.28. The highest BCUT2D eigenvalue weighted by Crippen LogP contribution is 2.25. The number of aliphatic hydroxyl groups is 1. The molecular formula is C12H19N3O. The number of aromatic nitrogens is 1. The SMILES string of the molecule is Nc1cnccc1NCC1CCCCC1O. The Labute approximate surface area is 95.9 Å². The minimum atomic E-state index is -0.163. The second-order valence-electron chi connectivity index (χ2n) is 4.46. The van der Waals surface area contributed by atoms with Crippen LogP contribution >= 0.6 is 0 Å². The van der Waals surface area contributed by atoms with Gasteiger partial charge in [-0.25, -0.2) is 0 Å². The van der Waals surface area contributed by atoms with Gasteiger partial charge in [-0.3, -0.25) is 4.98 Å². The van der Waals surface area contributed by atoms with Crippen LogP contribution in [0.15, 0.2) is 18.5 Å². The van der Waals surface area contributed by atoms with Crippen LogP contribution in [0.1, 0.15) is 25.7 Å². The molecule has 0 radical (unpaired) electrons. The Hall–Kier alpha value is -1.29. The van der Waals surface area contributed by atoms with E-state index in [2.05, 4.69) is 10.3 Å². The van der Waals surface area contributed by atoms with Gasteiger partial charge in [0.15, 0.2) is 0 Å². The molecule has 0 bridgehead atoms. The maximum atomic E-state index is 9.83. The summed E-state index contributed by atoms with van der Waals surface area (Å²) in [6.45, 7) is 0.787. The third-order valence-corrected chi connectivity index (χ3v) is 3.28. The average molecular weight is 221 g/mol. The number of anilines is 2. The molecule has 1 aromatic heterocycles. The summed E-state index contributed by atoms with van der Waals surface area (Å²) < 4.78 is 0. The molecule has 1 aliphatic carbocycles. The fourth-order valence-electron chi connectivity index (χ4n) is 2.23. The maximum Gasteiger partial charge on any atom is 0.0736 e. The first kappa shape index (κ1) is 11.2. The third kappa shape index (κ3) is 2.64. The molecule has 0 aromatic carbocycles. The van der Waals surface area contributed by atoms with Gasteiger partial charge in [0.05, 0.1) is 23.7 Å². The van der Waals surface area contributed by atoms with Crippen molar-refractivity contribution >= 4 is 11.4 Å². The van der Waals surface area contributed by atoms with Crippen molar-refractivity contribution in [3.63, 3.8) is 0 Å². The van der Waals surface area contributed by atoms with Crippen molar-refractivity contribution in [1.29, 1.82) is 0 Å². The predicted octanol–water partition coefficient (Wildman–Crippen LogP) is 1.63. The predicted molar refractivity (Wildman–Crippen MR) is 65.1 cm³/mol. The van der Waals surface area contributed by atoms with Crippen LogP contribution < -0.4 is 11.1 Å². The second-order valence-corrected chi connectivity index (χ2v) is 4.46. The van der Waals surface area contributed by atoms with Crippen molar-refractivity contribution in [2.45, 2.75) is 31.8 Å². The molecule has 0 saturated heterocycles. The minimum Gasteiger partial charge on any atom is -0.396 e. The zero-order valence-corrected chi connectivity index (χ0v) is 9.39. The van der Waals surface area contributed by atoms with Crippen LogP contribution in [0.25, 0.3) is 0 Å². The number of hydrogen-bond donors (Lipinski definition) is 3. The molecule has 4 nitrogen and oxygen atoms in total. The number of pyridine rings is 1. The number of nitrogen functional groups attached to an aromatic ring is 1. The number of nitrogens with zero attached hydrogens (tertiary/aromatic N) is 1. The molecule has 4 heteroatoms. The standard InChI is InChI=1S/C12H19N3O/c13-10-8-14-6-5-11(10)15-7-9-3-1-2-4-12(9)16/h5-6,8-9,12,16H,1-4,7,13H2,(H,14,15). The number of nitrogens with one attached hydrogen (secondary N) is 1. The van der Waals surface area contributed by atoms with Gasteiger partial charge in [-0.1, -0.05) is 12.8 Å². The molecule has 88 valence electrons. The number of nitrogens with two attached hydrogens (primary N) is 1. The zero-order chi connectivity index (χ0) is 11.4. The monoisotopic (exact) mass is 221 g/mol. The summed E-state index contributed by atoms with van der Waals surface area (Å²) in [4.78, 5) is 3.94. The van der Waals surface area contributed by atoms with Gasteiger partial charge in [0.25, 0.3) is 0 Å². The van der Waals surface area contributed by atoms with Crippen LogP contribution in [0, 0.1) is 5.92 Å². The van der Waals surface area contributed by atoms with Crippen molar-refractivity contribution in [1.82, 2.24) is 4.98 Å². The van der Waals surface area contributed by atoms with Crippen LogP contribution in [0.2, 0.25) is 0 Å². The quantitative estimate of drug-likeness (QED) is 0.725. The first-order chi connectivity index (χ1) is 7.77. The number of hydrogen-bond acceptors (Lipinski definition) is 4. The van der Waals surface area contributed by atoms with Crippen molar-refractivity contribution in [2.75, 3.05) is 17.6 Å². The zero-order valence-electron chi connectivity index (χ0n) is 9.39. The van der Waals surface area contributed by atoms with Crippen LogP contribution in [0.5, 0.6) is 0 Å². The lowest BCUT2D eigenvalue weighted by atomic mass is 9.86. The van der Waals surface area contributed by atoms with Crippen molar-refractivity contribution < 1.29 is 5.11 Å². The van der Waals surface area contributed by atoms with Gasteiger partial charge in [0.1, 0.15) is 0 Å². The average Bonchev–Trinajstić information content (AvgIpc) is 2.30. The number of aliphatic hydroxyl groups excluding tert-OH is 1. The normalized spacial score (nSPS) is 25.3. The Balaban J connectivity index is 1.89. The van der Waals surface area contributed by atoms with Crippen LogP contribution in [0.4, 0.5) is 11.4 Å². The fraction of sp³-hybridized carbons (Fsp3) is 0.583. The van der Waals surface area contributed by atoms with Gasteiger partial charge in [-0.15, -0.1) is 0 Å². The molecule has 2 unspecified atom stereocenters. The summed E-state index contributed by atoms with van der Waals surface area (Å²) in [7, 11) is 0. The summed E-state index contributed by atoms with van der Waals surface area (Å²) in [6, 6.07) is 1.87. The molecule has 2 atom stereocenters. The summed E-state index contributed by atoms with van der Waals surface area (Å²) in [5.41, 5.74) is 7.35. The van der Waals surface area contributed by atoms with Gasteiger partial charge < -0.3 is 16.2 Å². The van der Waals surface area contributed by atoms with Crippen LogP contribution in [-0.4, -0.2) is 22.7 Å². The molecule has 0 amide bonds. The molecule has 1 fully saturated rings. The Morgan fingerprint density at radius 1 is 1.44 bits per heavy atom. The molecule has 2 rings (SSSR count). The van der Waals surface area contributed by atoms with Crippen LogP contribution in [0.3, 0.4) is 0 Å². The van der Waals surface area contributed by atoms with E-state index in [4.69, 9.17) is 5.73 Å². The van der Waals surface area contributed by atoms with E-state index < -0.39 is 0 Å². The van der Waals surface area contributed by atoms with Crippen LogP contribution in [-0.2, 0) is 0 Å². The Morgan fingerprint density at radius 2 is 2.25 bits per heavy atom. The summed E-state index contributed by atoms with van der Waals surface area (Å²) >= 11 is 0. The van der Waals surface area contributed by atoms with Gasteiger partial charge in [-0.2, -0.15) is 0 Å². The molecule has 1 saturated carbocycles. The van der Waals surface area contributed by atoms with E-state index in [1.807, 2.05) is 6.07 Å². The first-order valence-electron chi connectivity index (χ1n) is 5.89. The fourth-order valence-corrected chi connectivity index (χ4v) is 2.23. The molecule has 1 aromatic rings. The lowest BCUT2D eigenvalue weighted by Crippen LogP contribution is -2.30. The number of rotatable bonds is 3. The Bertz CT molecular complexity index is 343. The molecular weight excluding hydrogens is 202 g/mol. The molecule has 0 aliphatic heterocycles. The van der Waals surface area contributed by atoms with Gasteiger partial charge in [-0.05, 0) is 18.9 Å². The van der Waals surface area contributed by atoms with Crippen molar-refractivity contribution in [3.8, 4) is 0 Å². The van der Waals surface area contributed by atoms with Crippen molar-refractivity contribution in [3.05, 3.63) is 18.5 Å². The minimum absolute atomic E-state index is 0.163. The van der Waals surface area contributed by atoms with Gasteiger partial charge >= 0.3 is 0 Å². The highest BCUT2D eigenvalue weighted by Gasteiger charge is 2.22. The molecule has 0 spiro atoms. The van der Waals surface area contributed by atoms with E-state index >= 15 is 0 Å². The smallest absolute Gasteiger partial charge is 0.0736 e. The van der Waals surface area contributed by atoms with E-state index in [1.165, 1.54) is 6.42 Å². The van der Waals surface area contributed by atoms with E-state index in [0.29, 0.717) is 11.6 Å². The molecule has 1 heterocycles. The summed E-state index contributed by atoms with van der Waals surface area (Å²) in [6.07, 6.45) is 7.58. The maximum absolute atomic E-state index is 9.83. The Kier molecular flexibility index (Phi) is 3.62. The summed E-state index contributed by atoms with van der Waals surface area (Å²) in [5, 5.41) is 13.1. The van der Waals surface area contributed by atoms with E-state index in [9.17, 15) is 5.11 Å². The first-order valence-corrected chi connectivity index (χ1v) is 5.89. The lowest BCUT2D eigenvalue weighted by molar-refractivity contribution is 0.0763. The van der Waals surface area contributed by atoms with E-state index in [0.717, 1.165) is 31.5 Å². The topological polar surface area (TPSA) is 71.2 Å². The molecule has 1 aliphatic rings. The molecule has 16 heavy (non-hydrogen) atoms. The highest BCUT2D eigenvalue weighted by molar-refractivity contribution is 5.64. The largest absolute Gasteiger partial charge is 0.396 e. The van der Waals surface area contributed by atoms with Gasteiger partial charge in [0.2, 0.25) is 0 Å². The molecule has 4 N–H and O–H groups in total. The lowest BCUT2D eigenvalue weighted by Gasteiger charge is -2.28. The van der Waals surface area contributed by atoms with E-state index in [-0.39, 0.29) is 6.10 Å². The second kappa shape index (κ2) is 5.16. The van der Waals surface area contributed by atoms with E-state index in [1.54, 1.807) is 12.4 Å². The Morgan fingerprint density at radius 3 is 3.00 bits per heavy atom.